The Labute approximate surface area is 103 Å². The fourth-order valence-corrected chi connectivity index (χ4v) is 2.14. The molecule has 0 aromatic carbocycles. The highest BCUT2D eigenvalue weighted by Crippen LogP contribution is 2.16. The van der Waals surface area contributed by atoms with Crippen molar-refractivity contribution < 1.29 is 4.74 Å². The molecule has 0 bridgehead atoms. The maximum Gasteiger partial charge on any atom is 0.147 e. The predicted molar refractivity (Wildman–Crippen MR) is 69.3 cm³/mol. The van der Waals surface area contributed by atoms with Crippen molar-refractivity contribution in [3.63, 3.8) is 0 Å². The van der Waals surface area contributed by atoms with Crippen molar-refractivity contribution in [1.82, 2.24) is 9.78 Å². The first kappa shape index (κ1) is 12.4. The zero-order chi connectivity index (χ0) is 12.1. The third-order valence-corrected chi connectivity index (χ3v) is 3.17. The van der Waals surface area contributed by atoms with E-state index >= 15 is 0 Å². The maximum absolute atomic E-state index is 5.59. The first-order valence-electron chi connectivity index (χ1n) is 6.66. The molecule has 4 heteroatoms. The lowest BCUT2D eigenvalue weighted by atomic mass is 10.1. The van der Waals surface area contributed by atoms with Crippen LogP contribution in [0.3, 0.4) is 0 Å². The third-order valence-electron chi connectivity index (χ3n) is 3.17. The van der Waals surface area contributed by atoms with Crippen molar-refractivity contribution in [1.29, 1.82) is 0 Å². The smallest absolute Gasteiger partial charge is 0.147 e. The molecule has 0 aliphatic carbocycles. The van der Waals surface area contributed by atoms with E-state index in [-0.39, 0.29) is 0 Å². The second-order valence-electron chi connectivity index (χ2n) is 4.98. The van der Waals surface area contributed by atoms with E-state index in [0.29, 0.717) is 12.1 Å². The quantitative estimate of drug-likeness (QED) is 0.773. The molecule has 1 aliphatic heterocycles. The number of anilines is 1. The highest BCUT2D eigenvalue weighted by molar-refractivity contribution is 5.31. The van der Waals surface area contributed by atoms with Crippen molar-refractivity contribution in [3.05, 3.63) is 12.3 Å². The molecule has 17 heavy (non-hydrogen) atoms. The van der Waals surface area contributed by atoms with Crippen LogP contribution in [0.1, 0.15) is 45.6 Å². The first-order valence-corrected chi connectivity index (χ1v) is 6.66. The topological polar surface area (TPSA) is 39.1 Å². The van der Waals surface area contributed by atoms with E-state index in [1.165, 1.54) is 12.8 Å². The van der Waals surface area contributed by atoms with Crippen LogP contribution in [0.5, 0.6) is 0 Å². The molecule has 1 aromatic rings. The second kappa shape index (κ2) is 6.05. The summed E-state index contributed by atoms with van der Waals surface area (Å²) in [6.45, 7) is 6.20. The van der Waals surface area contributed by atoms with Gasteiger partial charge in [-0.25, -0.2) is 0 Å². The summed E-state index contributed by atoms with van der Waals surface area (Å²) in [4.78, 5) is 0. The minimum Gasteiger partial charge on any atom is -0.378 e. The van der Waals surface area contributed by atoms with Gasteiger partial charge in [0, 0.05) is 31.5 Å². The average Bonchev–Trinajstić information content (AvgIpc) is 2.96. The SMILES string of the molecule is CC(C)n1ccc(NCCCC2CCCO2)n1. The van der Waals surface area contributed by atoms with Gasteiger partial charge in [-0.05, 0) is 39.5 Å². The normalized spacial score (nSPS) is 20.1. The minimum absolute atomic E-state index is 0.428. The Morgan fingerprint density at radius 3 is 3.12 bits per heavy atom. The van der Waals surface area contributed by atoms with Gasteiger partial charge in [0.15, 0.2) is 0 Å². The summed E-state index contributed by atoms with van der Waals surface area (Å²) in [6, 6.07) is 2.46. The Morgan fingerprint density at radius 2 is 2.47 bits per heavy atom. The van der Waals surface area contributed by atoms with Gasteiger partial charge in [0.1, 0.15) is 5.82 Å². The molecule has 1 fully saturated rings. The van der Waals surface area contributed by atoms with E-state index in [4.69, 9.17) is 4.74 Å². The summed E-state index contributed by atoms with van der Waals surface area (Å²) in [5.74, 6) is 0.978. The van der Waals surface area contributed by atoms with Crippen LogP contribution in [0, 0.1) is 0 Å². The highest BCUT2D eigenvalue weighted by atomic mass is 16.5. The van der Waals surface area contributed by atoms with Gasteiger partial charge in [-0.2, -0.15) is 5.10 Å². The summed E-state index contributed by atoms with van der Waals surface area (Å²) < 4.78 is 7.57. The summed E-state index contributed by atoms with van der Waals surface area (Å²) in [5.41, 5.74) is 0. The van der Waals surface area contributed by atoms with Gasteiger partial charge in [-0.15, -0.1) is 0 Å². The molecule has 0 saturated carbocycles. The lowest BCUT2D eigenvalue weighted by molar-refractivity contribution is 0.103. The number of aromatic nitrogens is 2. The van der Waals surface area contributed by atoms with Crippen LogP contribution in [0.2, 0.25) is 0 Å². The Balaban J connectivity index is 1.63. The van der Waals surface area contributed by atoms with Crippen molar-refractivity contribution in [3.8, 4) is 0 Å². The molecule has 1 atom stereocenters. The van der Waals surface area contributed by atoms with Crippen LogP contribution in [-0.4, -0.2) is 29.0 Å². The Bertz CT molecular complexity index is 329. The van der Waals surface area contributed by atoms with Gasteiger partial charge in [0.05, 0.1) is 6.10 Å². The number of ether oxygens (including phenoxy) is 1. The maximum atomic E-state index is 5.59. The van der Waals surface area contributed by atoms with Gasteiger partial charge in [0.25, 0.3) is 0 Å². The largest absolute Gasteiger partial charge is 0.378 e. The van der Waals surface area contributed by atoms with Crippen LogP contribution < -0.4 is 5.32 Å². The Morgan fingerprint density at radius 1 is 1.59 bits per heavy atom. The van der Waals surface area contributed by atoms with Crippen molar-refractivity contribution in [2.24, 2.45) is 0 Å². The molecule has 0 radical (unpaired) electrons. The summed E-state index contributed by atoms with van der Waals surface area (Å²) in [7, 11) is 0. The molecule has 2 heterocycles. The molecular weight excluding hydrogens is 214 g/mol. The third kappa shape index (κ3) is 3.73. The molecule has 0 amide bonds. The monoisotopic (exact) mass is 237 g/mol. The lowest BCUT2D eigenvalue weighted by Crippen LogP contribution is -2.09. The first-order chi connectivity index (χ1) is 8.25. The van der Waals surface area contributed by atoms with Crippen molar-refractivity contribution in [2.45, 2.75) is 51.7 Å². The number of nitrogens with zero attached hydrogens (tertiary/aromatic N) is 2. The molecule has 1 N–H and O–H groups in total. The van der Waals surface area contributed by atoms with E-state index in [1.54, 1.807) is 0 Å². The molecule has 2 rings (SSSR count). The summed E-state index contributed by atoms with van der Waals surface area (Å²) in [6.07, 6.45) is 7.31. The van der Waals surface area contributed by atoms with Crippen molar-refractivity contribution in [2.75, 3.05) is 18.5 Å². The molecule has 96 valence electrons. The molecular formula is C13H23N3O. The number of hydrogen-bond acceptors (Lipinski definition) is 3. The van der Waals surface area contributed by atoms with E-state index in [1.807, 2.05) is 16.9 Å². The van der Waals surface area contributed by atoms with Crippen LogP contribution in [-0.2, 0) is 4.74 Å². The Kier molecular flexibility index (Phi) is 4.42. The number of nitrogens with one attached hydrogen (secondary N) is 1. The van der Waals surface area contributed by atoms with Crippen LogP contribution >= 0.6 is 0 Å². The van der Waals surface area contributed by atoms with E-state index in [0.717, 1.165) is 31.8 Å². The molecule has 1 aliphatic rings. The van der Waals surface area contributed by atoms with Crippen LogP contribution in [0.25, 0.3) is 0 Å². The fraction of sp³-hybridized carbons (Fsp3) is 0.769. The number of hydrogen-bond donors (Lipinski definition) is 1. The van der Waals surface area contributed by atoms with E-state index in [2.05, 4.69) is 24.3 Å². The number of rotatable bonds is 6. The molecule has 1 saturated heterocycles. The minimum atomic E-state index is 0.428. The van der Waals surface area contributed by atoms with Crippen LogP contribution in [0.15, 0.2) is 12.3 Å². The van der Waals surface area contributed by atoms with Crippen molar-refractivity contribution >= 4 is 5.82 Å². The van der Waals surface area contributed by atoms with E-state index < -0.39 is 0 Å². The predicted octanol–water partition coefficient (Wildman–Crippen LogP) is 2.84. The second-order valence-corrected chi connectivity index (χ2v) is 4.98. The van der Waals surface area contributed by atoms with Gasteiger partial charge in [-0.3, -0.25) is 4.68 Å². The molecule has 1 aromatic heterocycles. The van der Waals surface area contributed by atoms with Gasteiger partial charge in [0.2, 0.25) is 0 Å². The average molecular weight is 237 g/mol. The summed E-state index contributed by atoms with van der Waals surface area (Å²) in [5, 5.41) is 7.81. The molecule has 0 spiro atoms. The van der Waals surface area contributed by atoms with Crippen LogP contribution in [0.4, 0.5) is 5.82 Å². The summed E-state index contributed by atoms with van der Waals surface area (Å²) >= 11 is 0. The Hall–Kier alpha value is -1.03. The zero-order valence-corrected chi connectivity index (χ0v) is 10.9. The van der Waals surface area contributed by atoms with Gasteiger partial charge >= 0.3 is 0 Å². The zero-order valence-electron chi connectivity index (χ0n) is 10.9. The standard InChI is InChI=1S/C13H23N3O/c1-11(2)16-9-7-13(15-16)14-8-3-5-12-6-4-10-17-12/h7,9,11-12H,3-6,8,10H2,1-2H3,(H,14,15). The van der Waals surface area contributed by atoms with E-state index in [9.17, 15) is 0 Å². The fourth-order valence-electron chi connectivity index (χ4n) is 2.14. The molecule has 4 nitrogen and oxygen atoms in total. The lowest BCUT2D eigenvalue weighted by Gasteiger charge is -2.09. The highest BCUT2D eigenvalue weighted by Gasteiger charge is 2.14. The van der Waals surface area contributed by atoms with Gasteiger partial charge in [-0.1, -0.05) is 0 Å². The molecule has 1 unspecified atom stereocenters. The van der Waals surface area contributed by atoms with Gasteiger partial charge < -0.3 is 10.1 Å².